The van der Waals surface area contributed by atoms with Crippen molar-refractivity contribution in [1.82, 2.24) is 10.2 Å². The number of likely N-dealkylation sites (tertiary alicyclic amines) is 1. The molecule has 0 aromatic heterocycles. The molecule has 140 valence electrons. The molecule has 5 nitrogen and oxygen atoms in total. The molecule has 1 N–H and O–H groups in total. The average molecular weight is 369 g/mol. The van der Waals surface area contributed by atoms with E-state index in [1.54, 1.807) is 12.1 Å². The van der Waals surface area contributed by atoms with Gasteiger partial charge in [-0.1, -0.05) is 25.4 Å². The van der Waals surface area contributed by atoms with Crippen molar-refractivity contribution in [2.24, 2.45) is 0 Å². The summed E-state index contributed by atoms with van der Waals surface area (Å²) in [4.78, 5) is 14.9. The van der Waals surface area contributed by atoms with Crippen LogP contribution in [0.5, 0.6) is 11.5 Å². The Kier molecular flexibility index (Phi) is 7.85. The van der Waals surface area contributed by atoms with Crippen LogP contribution >= 0.6 is 11.6 Å². The van der Waals surface area contributed by atoms with E-state index < -0.39 is 0 Å². The van der Waals surface area contributed by atoms with Crippen LogP contribution in [0.3, 0.4) is 0 Å². The largest absolute Gasteiger partial charge is 0.490 e. The van der Waals surface area contributed by atoms with Gasteiger partial charge in [-0.3, -0.25) is 9.69 Å². The standard InChI is InChI=1S/C19H29ClN2O3/c1-4-10-25-18-16(20)11-14(12-17(18)24-6-3)19(23)21-13-15-8-7-9-22(15)5-2/h11-12,15H,4-10,13H2,1-3H3,(H,21,23). The van der Waals surface area contributed by atoms with Gasteiger partial charge in [0, 0.05) is 18.2 Å². The molecule has 2 rings (SSSR count). The Bertz CT molecular complexity index is 580. The number of halogens is 1. The van der Waals surface area contributed by atoms with Crippen molar-refractivity contribution in [3.63, 3.8) is 0 Å². The van der Waals surface area contributed by atoms with Crippen LogP contribution in [-0.4, -0.2) is 49.7 Å². The van der Waals surface area contributed by atoms with Gasteiger partial charge in [0.2, 0.25) is 0 Å². The lowest BCUT2D eigenvalue weighted by molar-refractivity contribution is 0.0941. The predicted octanol–water partition coefficient (Wildman–Crippen LogP) is 3.74. The average Bonchev–Trinajstić information content (AvgIpc) is 3.06. The van der Waals surface area contributed by atoms with E-state index in [-0.39, 0.29) is 5.91 Å². The van der Waals surface area contributed by atoms with Crippen LogP contribution in [0, 0.1) is 0 Å². The molecule has 1 heterocycles. The second-order valence-electron chi connectivity index (χ2n) is 6.20. The van der Waals surface area contributed by atoms with E-state index >= 15 is 0 Å². The van der Waals surface area contributed by atoms with Crippen LogP contribution in [0.2, 0.25) is 5.02 Å². The van der Waals surface area contributed by atoms with Gasteiger partial charge in [-0.15, -0.1) is 0 Å². The maximum Gasteiger partial charge on any atom is 0.251 e. The SMILES string of the molecule is CCCOc1c(Cl)cc(C(=O)NCC2CCCN2CC)cc1OCC. The Morgan fingerprint density at radius 1 is 1.32 bits per heavy atom. The molecule has 1 aromatic carbocycles. The number of rotatable bonds is 9. The minimum Gasteiger partial charge on any atom is -0.490 e. The maximum absolute atomic E-state index is 12.5. The van der Waals surface area contributed by atoms with Gasteiger partial charge in [-0.2, -0.15) is 0 Å². The zero-order valence-electron chi connectivity index (χ0n) is 15.4. The molecule has 1 saturated heterocycles. The zero-order chi connectivity index (χ0) is 18.2. The highest BCUT2D eigenvalue weighted by Gasteiger charge is 2.24. The quantitative estimate of drug-likeness (QED) is 0.721. The highest BCUT2D eigenvalue weighted by Crippen LogP contribution is 2.36. The zero-order valence-corrected chi connectivity index (χ0v) is 16.2. The van der Waals surface area contributed by atoms with Crippen molar-refractivity contribution in [1.29, 1.82) is 0 Å². The molecule has 0 saturated carbocycles. The van der Waals surface area contributed by atoms with Crippen molar-refractivity contribution in [2.45, 2.75) is 46.1 Å². The van der Waals surface area contributed by atoms with Gasteiger partial charge in [0.25, 0.3) is 5.91 Å². The van der Waals surface area contributed by atoms with E-state index in [4.69, 9.17) is 21.1 Å². The molecule has 25 heavy (non-hydrogen) atoms. The van der Waals surface area contributed by atoms with Gasteiger partial charge in [0.15, 0.2) is 11.5 Å². The normalized spacial score (nSPS) is 17.5. The molecule has 0 bridgehead atoms. The Morgan fingerprint density at radius 3 is 2.80 bits per heavy atom. The fraction of sp³-hybridized carbons (Fsp3) is 0.632. The molecule has 1 unspecified atom stereocenters. The molecule has 1 aliphatic heterocycles. The summed E-state index contributed by atoms with van der Waals surface area (Å²) in [6.45, 7) is 9.90. The molecular formula is C19H29ClN2O3. The first-order valence-corrected chi connectivity index (χ1v) is 9.59. The number of likely N-dealkylation sites (N-methyl/N-ethyl adjacent to an activating group) is 1. The number of nitrogens with one attached hydrogen (secondary N) is 1. The van der Waals surface area contributed by atoms with E-state index in [1.807, 2.05) is 13.8 Å². The highest BCUT2D eigenvalue weighted by molar-refractivity contribution is 6.32. The highest BCUT2D eigenvalue weighted by atomic mass is 35.5. The Morgan fingerprint density at radius 2 is 2.12 bits per heavy atom. The molecule has 1 atom stereocenters. The van der Waals surface area contributed by atoms with Crippen LogP contribution in [0.25, 0.3) is 0 Å². The number of amides is 1. The number of benzene rings is 1. The van der Waals surface area contributed by atoms with E-state index in [1.165, 1.54) is 6.42 Å². The molecule has 0 aliphatic carbocycles. The predicted molar refractivity (Wildman–Crippen MR) is 101 cm³/mol. The van der Waals surface area contributed by atoms with Gasteiger partial charge in [0.05, 0.1) is 18.2 Å². The summed E-state index contributed by atoms with van der Waals surface area (Å²) in [5.74, 6) is 0.896. The monoisotopic (exact) mass is 368 g/mol. The second kappa shape index (κ2) is 9.88. The van der Waals surface area contributed by atoms with Gasteiger partial charge < -0.3 is 14.8 Å². The van der Waals surface area contributed by atoms with Gasteiger partial charge >= 0.3 is 0 Å². The molecular weight excluding hydrogens is 340 g/mol. The molecule has 0 radical (unpaired) electrons. The fourth-order valence-corrected chi connectivity index (χ4v) is 3.43. The first-order valence-electron chi connectivity index (χ1n) is 9.22. The molecule has 1 aromatic rings. The van der Waals surface area contributed by atoms with Crippen LogP contribution in [0.1, 0.15) is 50.4 Å². The summed E-state index contributed by atoms with van der Waals surface area (Å²) in [5, 5.41) is 3.43. The van der Waals surface area contributed by atoms with Gasteiger partial charge in [-0.05, 0) is 51.4 Å². The van der Waals surface area contributed by atoms with Crippen molar-refractivity contribution in [3.8, 4) is 11.5 Å². The van der Waals surface area contributed by atoms with Crippen molar-refractivity contribution in [3.05, 3.63) is 22.7 Å². The first kappa shape index (κ1) is 19.9. The lowest BCUT2D eigenvalue weighted by atomic mass is 10.1. The molecule has 6 heteroatoms. The molecule has 1 fully saturated rings. The third-order valence-electron chi connectivity index (χ3n) is 4.43. The summed E-state index contributed by atoms with van der Waals surface area (Å²) < 4.78 is 11.3. The summed E-state index contributed by atoms with van der Waals surface area (Å²) in [6, 6.07) is 3.78. The molecule has 0 spiro atoms. The Balaban J connectivity index is 2.08. The number of hydrogen-bond acceptors (Lipinski definition) is 4. The summed E-state index contributed by atoms with van der Waals surface area (Å²) in [7, 11) is 0. The summed E-state index contributed by atoms with van der Waals surface area (Å²) in [5.41, 5.74) is 0.498. The smallest absolute Gasteiger partial charge is 0.251 e. The van der Waals surface area contributed by atoms with Crippen LogP contribution in [-0.2, 0) is 0 Å². The minimum atomic E-state index is -0.132. The maximum atomic E-state index is 12.5. The van der Waals surface area contributed by atoms with E-state index in [2.05, 4.69) is 17.1 Å². The Labute approximate surface area is 155 Å². The van der Waals surface area contributed by atoms with Crippen LogP contribution in [0.4, 0.5) is 0 Å². The third kappa shape index (κ3) is 5.25. The van der Waals surface area contributed by atoms with Gasteiger partial charge in [-0.25, -0.2) is 0 Å². The van der Waals surface area contributed by atoms with Crippen molar-refractivity contribution >= 4 is 17.5 Å². The topological polar surface area (TPSA) is 50.8 Å². The second-order valence-corrected chi connectivity index (χ2v) is 6.61. The number of hydrogen-bond donors (Lipinski definition) is 1. The van der Waals surface area contributed by atoms with E-state index in [0.29, 0.717) is 47.9 Å². The van der Waals surface area contributed by atoms with E-state index in [0.717, 1.165) is 25.9 Å². The number of nitrogens with zero attached hydrogens (tertiary/aromatic N) is 1. The molecule has 1 aliphatic rings. The lowest BCUT2D eigenvalue weighted by Crippen LogP contribution is -2.40. The summed E-state index contributed by atoms with van der Waals surface area (Å²) >= 11 is 6.33. The van der Waals surface area contributed by atoms with E-state index in [9.17, 15) is 4.79 Å². The minimum absolute atomic E-state index is 0.132. The molecule has 1 amide bonds. The first-order chi connectivity index (χ1) is 12.1. The number of ether oxygens (including phenoxy) is 2. The summed E-state index contributed by atoms with van der Waals surface area (Å²) in [6.07, 6.45) is 3.19. The number of carbonyl (C=O) groups is 1. The van der Waals surface area contributed by atoms with Crippen LogP contribution in [0.15, 0.2) is 12.1 Å². The van der Waals surface area contributed by atoms with Crippen LogP contribution < -0.4 is 14.8 Å². The Hall–Kier alpha value is -1.46. The number of carbonyl (C=O) groups excluding carboxylic acids is 1. The van der Waals surface area contributed by atoms with Crippen molar-refractivity contribution in [2.75, 3.05) is 32.8 Å². The fourth-order valence-electron chi connectivity index (χ4n) is 3.16. The van der Waals surface area contributed by atoms with Crippen molar-refractivity contribution < 1.29 is 14.3 Å². The lowest BCUT2D eigenvalue weighted by Gasteiger charge is -2.23. The van der Waals surface area contributed by atoms with Gasteiger partial charge in [0.1, 0.15) is 0 Å². The third-order valence-corrected chi connectivity index (χ3v) is 4.71.